The van der Waals surface area contributed by atoms with E-state index in [1.165, 1.54) is 5.56 Å². The van der Waals surface area contributed by atoms with Gasteiger partial charge in [-0.15, -0.1) is 0 Å². The highest BCUT2D eigenvalue weighted by molar-refractivity contribution is 5.51. The van der Waals surface area contributed by atoms with Crippen LogP contribution in [0.3, 0.4) is 0 Å². The molecule has 1 aliphatic heterocycles. The van der Waals surface area contributed by atoms with Crippen LogP contribution in [0.1, 0.15) is 37.8 Å². The number of ether oxygens (including phenoxy) is 3. The highest BCUT2D eigenvalue weighted by atomic mass is 16.5. The molecule has 2 bridgehead atoms. The third-order valence-electron chi connectivity index (χ3n) is 5.41. The van der Waals surface area contributed by atoms with Crippen molar-refractivity contribution in [2.24, 2.45) is 5.41 Å². The molecule has 1 aliphatic carbocycles. The predicted octanol–water partition coefficient (Wildman–Crippen LogP) is 3.47. The van der Waals surface area contributed by atoms with E-state index in [4.69, 9.17) is 14.2 Å². The van der Waals surface area contributed by atoms with Gasteiger partial charge in [0.05, 0.1) is 26.9 Å². The molecule has 1 aromatic carbocycles. The molecule has 2 fully saturated rings. The van der Waals surface area contributed by atoms with Gasteiger partial charge in [-0.25, -0.2) is 0 Å². The van der Waals surface area contributed by atoms with Gasteiger partial charge in [0, 0.05) is 11.0 Å². The molecule has 0 unspecified atom stereocenters. The summed E-state index contributed by atoms with van der Waals surface area (Å²) in [7, 11) is 3.47. The highest BCUT2D eigenvalue weighted by Crippen LogP contribution is 2.61. The number of hydrogen-bond donors (Lipinski definition) is 0. The van der Waals surface area contributed by atoms with Gasteiger partial charge in [-0.1, -0.05) is 13.8 Å². The Balaban J connectivity index is 2.18. The third-order valence-corrected chi connectivity index (χ3v) is 5.41. The van der Waals surface area contributed by atoms with Gasteiger partial charge in [0.15, 0.2) is 0 Å². The molecule has 1 saturated heterocycles. The van der Waals surface area contributed by atoms with Crippen molar-refractivity contribution in [3.8, 4) is 11.5 Å². The van der Waals surface area contributed by atoms with Crippen LogP contribution in [0.4, 0.5) is 0 Å². The Hall–Kier alpha value is -1.22. The molecule has 2 atom stereocenters. The monoisotopic (exact) mass is 276 g/mol. The predicted molar refractivity (Wildman–Crippen MR) is 78.7 cm³/mol. The molecule has 1 aromatic rings. The first-order valence-electron chi connectivity index (χ1n) is 7.28. The molecule has 2 aliphatic rings. The molecular weight excluding hydrogens is 252 g/mol. The van der Waals surface area contributed by atoms with Crippen LogP contribution in [-0.4, -0.2) is 26.9 Å². The van der Waals surface area contributed by atoms with Crippen molar-refractivity contribution in [2.45, 2.75) is 45.1 Å². The van der Waals surface area contributed by atoms with Gasteiger partial charge < -0.3 is 14.2 Å². The molecular formula is C17H24O3. The summed E-state index contributed by atoms with van der Waals surface area (Å²) in [5, 5.41) is 0. The number of fused-ring (bicyclic) bond motifs is 2. The van der Waals surface area contributed by atoms with E-state index in [-0.39, 0.29) is 10.8 Å². The average Bonchev–Trinajstić information content (AvgIpc) is 2.93. The molecule has 3 nitrogen and oxygen atoms in total. The normalized spacial score (nSPS) is 30.6. The Kier molecular flexibility index (Phi) is 3.02. The number of methoxy groups -OCH3 is 2. The van der Waals surface area contributed by atoms with Crippen LogP contribution in [0, 0.1) is 12.3 Å². The molecule has 110 valence electrons. The van der Waals surface area contributed by atoms with Crippen LogP contribution in [0.2, 0.25) is 0 Å². The zero-order valence-corrected chi connectivity index (χ0v) is 13.1. The first-order valence-corrected chi connectivity index (χ1v) is 7.28. The van der Waals surface area contributed by atoms with E-state index >= 15 is 0 Å². The fraction of sp³-hybridized carbons (Fsp3) is 0.647. The Bertz CT molecular complexity index is 535. The summed E-state index contributed by atoms with van der Waals surface area (Å²) in [5.74, 6) is 1.89. The van der Waals surface area contributed by atoms with Crippen molar-refractivity contribution in [3.05, 3.63) is 23.3 Å². The molecule has 3 rings (SSSR count). The van der Waals surface area contributed by atoms with E-state index in [0.717, 1.165) is 36.5 Å². The molecule has 0 amide bonds. The third kappa shape index (κ3) is 1.69. The molecule has 1 heterocycles. The number of hydrogen-bond acceptors (Lipinski definition) is 3. The lowest BCUT2D eigenvalue weighted by molar-refractivity contribution is 0.00626. The van der Waals surface area contributed by atoms with Gasteiger partial charge in [0.25, 0.3) is 0 Å². The van der Waals surface area contributed by atoms with Gasteiger partial charge in [-0.05, 0) is 42.9 Å². The number of benzene rings is 1. The largest absolute Gasteiger partial charge is 0.496 e. The second kappa shape index (κ2) is 4.39. The average molecular weight is 276 g/mol. The summed E-state index contributed by atoms with van der Waals surface area (Å²) < 4.78 is 17.1. The zero-order chi connectivity index (χ0) is 14.5. The van der Waals surface area contributed by atoms with Gasteiger partial charge in [0.2, 0.25) is 0 Å². The maximum atomic E-state index is 5.95. The standard InChI is InChI=1S/C17H24O3/c1-11-6-15(19-5)13(7-14(11)18-4)17-9-12(20-10-17)8-16(17,2)3/h6-7,12H,8-10H2,1-5H3/t12-,17+/m1/s1. The van der Waals surface area contributed by atoms with Gasteiger partial charge in [-0.3, -0.25) is 0 Å². The first-order chi connectivity index (χ1) is 9.43. The quantitative estimate of drug-likeness (QED) is 0.846. The molecule has 0 N–H and O–H groups in total. The Morgan fingerprint density at radius 1 is 1.10 bits per heavy atom. The summed E-state index contributed by atoms with van der Waals surface area (Å²) in [4.78, 5) is 0. The molecule has 0 spiro atoms. The van der Waals surface area contributed by atoms with Crippen molar-refractivity contribution in [1.82, 2.24) is 0 Å². The lowest BCUT2D eigenvalue weighted by atomic mass is 9.64. The minimum absolute atomic E-state index is 0.0456. The Morgan fingerprint density at radius 2 is 1.80 bits per heavy atom. The van der Waals surface area contributed by atoms with Crippen molar-refractivity contribution in [3.63, 3.8) is 0 Å². The van der Waals surface area contributed by atoms with Crippen LogP contribution in [0.5, 0.6) is 11.5 Å². The second-order valence-electron chi connectivity index (χ2n) is 6.83. The lowest BCUT2D eigenvalue weighted by Crippen LogP contribution is -2.41. The van der Waals surface area contributed by atoms with Crippen molar-refractivity contribution in [2.75, 3.05) is 20.8 Å². The number of rotatable bonds is 3. The van der Waals surface area contributed by atoms with Crippen LogP contribution in [0.25, 0.3) is 0 Å². The zero-order valence-electron chi connectivity index (χ0n) is 13.1. The van der Waals surface area contributed by atoms with E-state index in [9.17, 15) is 0 Å². The maximum absolute atomic E-state index is 5.95. The summed E-state index contributed by atoms with van der Waals surface area (Å²) in [6.07, 6.45) is 2.59. The smallest absolute Gasteiger partial charge is 0.123 e. The minimum atomic E-state index is 0.0456. The van der Waals surface area contributed by atoms with E-state index in [1.807, 2.05) is 0 Å². The minimum Gasteiger partial charge on any atom is -0.496 e. The van der Waals surface area contributed by atoms with E-state index in [1.54, 1.807) is 14.2 Å². The Morgan fingerprint density at radius 3 is 2.30 bits per heavy atom. The number of aryl methyl sites for hydroxylation is 1. The first kappa shape index (κ1) is 13.7. The molecule has 0 radical (unpaired) electrons. The van der Waals surface area contributed by atoms with Crippen LogP contribution < -0.4 is 9.47 Å². The van der Waals surface area contributed by atoms with E-state index in [2.05, 4.69) is 32.9 Å². The van der Waals surface area contributed by atoms with Crippen LogP contribution in [0.15, 0.2) is 12.1 Å². The fourth-order valence-electron chi connectivity index (χ4n) is 4.11. The summed E-state index contributed by atoms with van der Waals surface area (Å²) in [6, 6.07) is 4.25. The summed E-state index contributed by atoms with van der Waals surface area (Å²) in [6.45, 7) is 7.53. The maximum Gasteiger partial charge on any atom is 0.123 e. The van der Waals surface area contributed by atoms with Crippen molar-refractivity contribution < 1.29 is 14.2 Å². The molecule has 1 saturated carbocycles. The molecule has 3 heteroatoms. The molecule has 0 aromatic heterocycles. The van der Waals surface area contributed by atoms with Crippen LogP contribution >= 0.6 is 0 Å². The molecule has 20 heavy (non-hydrogen) atoms. The second-order valence-corrected chi connectivity index (χ2v) is 6.83. The fourth-order valence-corrected chi connectivity index (χ4v) is 4.11. The van der Waals surface area contributed by atoms with Gasteiger partial charge in [0.1, 0.15) is 11.5 Å². The van der Waals surface area contributed by atoms with Crippen LogP contribution in [-0.2, 0) is 10.2 Å². The topological polar surface area (TPSA) is 27.7 Å². The highest BCUT2D eigenvalue weighted by Gasteiger charge is 2.59. The van der Waals surface area contributed by atoms with E-state index in [0.29, 0.717) is 6.10 Å². The summed E-state index contributed by atoms with van der Waals surface area (Å²) in [5.41, 5.74) is 2.62. The van der Waals surface area contributed by atoms with E-state index < -0.39 is 0 Å². The van der Waals surface area contributed by atoms with Gasteiger partial charge in [-0.2, -0.15) is 0 Å². The lowest BCUT2D eigenvalue weighted by Gasteiger charge is -2.42. The van der Waals surface area contributed by atoms with Gasteiger partial charge >= 0.3 is 0 Å². The van der Waals surface area contributed by atoms with Crippen molar-refractivity contribution >= 4 is 0 Å². The Labute approximate surface area is 121 Å². The van der Waals surface area contributed by atoms with Crippen molar-refractivity contribution in [1.29, 1.82) is 0 Å². The summed E-state index contributed by atoms with van der Waals surface area (Å²) >= 11 is 0. The SMILES string of the molecule is COc1cc([C@]23CO[C@H](CC2(C)C)C3)c(OC)cc1C.